The maximum Gasteiger partial charge on any atom is 0.407 e. The number of hydrogen-bond donors (Lipinski definition) is 1. The quantitative estimate of drug-likeness (QED) is 0.936. The first-order valence-electron chi connectivity index (χ1n) is 6.32. The SMILES string of the molecule is COC(=O)NC(C(=O)n1cccc1)c1ccccc1OC. The van der Waals surface area contributed by atoms with Gasteiger partial charge in [-0.1, -0.05) is 18.2 Å². The minimum Gasteiger partial charge on any atom is -0.496 e. The molecule has 6 heteroatoms. The molecule has 1 amide bonds. The molecule has 6 nitrogen and oxygen atoms in total. The average molecular weight is 288 g/mol. The van der Waals surface area contributed by atoms with Crippen LogP contribution in [0.4, 0.5) is 4.79 Å². The Morgan fingerprint density at radius 1 is 1.10 bits per heavy atom. The number of methoxy groups -OCH3 is 2. The van der Waals surface area contributed by atoms with Crippen molar-refractivity contribution in [2.75, 3.05) is 14.2 Å². The third-order valence-corrected chi connectivity index (χ3v) is 3.00. The predicted octanol–water partition coefficient (Wildman–Crippen LogP) is 2.23. The van der Waals surface area contributed by atoms with Gasteiger partial charge in [-0.15, -0.1) is 0 Å². The first-order valence-corrected chi connectivity index (χ1v) is 6.32. The van der Waals surface area contributed by atoms with Gasteiger partial charge in [0.25, 0.3) is 5.91 Å². The van der Waals surface area contributed by atoms with Gasteiger partial charge in [0, 0.05) is 18.0 Å². The maximum absolute atomic E-state index is 12.6. The molecule has 0 aliphatic heterocycles. The summed E-state index contributed by atoms with van der Waals surface area (Å²) in [6.07, 6.45) is 2.54. The number of amides is 1. The summed E-state index contributed by atoms with van der Waals surface area (Å²) in [5, 5.41) is 2.53. The number of ether oxygens (including phenoxy) is 2. The number of alkyl carbamates (subject to hydrolysis) is 1. The number of hydrogen-bond acceptors (Lipinski definition) is 4. The number of rotatable bonds is 4. The van der Waals surface area contributed by atoms with Gasteiger partial charge in [0.05, 0.1) is 14.2 Å². The monoisotopic (exact) mass is 288 g/mol. The van der Waals surface area contributed by atoms with Crippen molar-refractivity contribution in [1.29, 1.82) is 0 Å². The van der Waals surface area contributed by atoms with Crippen LogP contribution in [0.15, 0.2) is 48.8 Å². The molecular formula is C15H16N2O4. The first-order chi connectivity index (χ1) is 10.2. The number of aromatic nitrogens is 1. The highest BCUT2D eigenvalue weighted by molar-refractivity contribution is 5.89. The van der Waals surface area contributed by atoms with Crippen LogP contribution in [0.2, 0.25) is 0 Å². The van der Waals surface area contributed by atoms with Crippen LogP contribution in [-0.2, 0) is 4.74 Å². The number of carbonyl (C=O) groups is 2. The molecule has 0 spiro atoms. The van der Waals surface area contributed by atoms with Crippen molar-refractivity contribution in [2.45, 2.75) is 6.04 Å². The lowest BCUT2D eigenvalue weighted by molar-refractivity contribution is 0.0847. The zero-order valence-electron chi connectivity index (χ0n) is 11.8. The first kappa shape index (κ1) is 14.6. The maximum atomic E-state index is 12.6. The van der Waals surface area contributed by atoms with Crippen molar-refractivity contribution in [1.82, 2.24) is 9.88 Å². The molecule has 1 atom stereocenters. The number of para-hydroxylation sites is 1. The second-order valence-electron chi connectivity index (χ2n) is 4.24. The van der Waals surface area contributed by atoms with Crippen LogP contribution in [0.25, 0.3) is 0 Å². The highest BCUT2D eigenvalue weighted by Crippen LogP contribution is 2.26. The zero-order valence-corrected chi connectivity index (χ0v) is 11.8. The van der Waals surface area contributed by atoms with Crippen molar-refractivity contribution in [3.8, 4) is 5.75 Å². The molecule has 0 bridgehead atoms. The largest absolute Gasteiger partial charge is 0.496 e. The normalized spacial score (nSPS) is 11.5. The van der Waals surface area contributed by atoms with Crippen molar-refractivity contribution in [2.24, 2.45) is 0 Å². The molecule has 0 aliphatic rings. The molecule has 0 saturated heterocycles. The Morgan fingerprint density at radius 2 is 1.76 bits per heavy atom. The number of benzene rings is 1. The topological polar surface area (TPSA) is 69.6 Å². The fourth-order valence-electron chi connectivity index (χ4n) is 1.98. The second-order valence-corrected chi connectivity index (χ2v) is 4.24. The van der Waals surface area contributed by atoms with E-state index in [1.54, 1.807) is 48.8 Å². The van der Waals surface area contributed by atoms with Crippen molar-refractivity contribution >= 4 is 12.0 Å². The van der Waals surface area contributed by atoms with E-state index in [1.165, 1.54) is 18.8 Å². The van der Waals surface area contributed by atoms with Crippen molar-refractivity contribution < 1.29 is 19.1 Å². The Morgan fingerprint density at radius 3 is 2.38 bits per heavy atom. The van der Waals surface area contributed by atoms with Crippen LogP contribution in [0.3, 0.4) is 0 Å². The lowest BCUT2D eigenvalue weighted by Gasteiger charge is -2.19. The van der Waals surface area contributed by atoms with E-state index in [2.05, 4.69) is 10.1 Å². The average Bonchev–Trinajstić information content (AvgIpc) is 3.06. The summed E-state index contributed by atoms with van der Waals surface area (Å²) in [5.74, 6) is 0.203. The number of carbonyl (C=O) groups excluding carboxylic acids is 2. The smallest absolute Gasteiger partial charge is 0.407 e. The van der Waals surface area contributed by atoms with E-state index in [0.717, 1.165) is 0 Å². The summed E-state index contributed by atoms with van der Waals surface area (Å²) in [5.41, 5.74) is 0.559. The third-order valence-electron chi connectivity index (χ3n) is 3.00. The third kappa shape index (κ3) is 3.22. The van der Waals surface area contributed by atoms with Gasteiger partial charge in [0.15, 0.2) is 0 Å². The van der Waals surface area contributed by atoms with Gasteiger partial charge in [-0.05, 0) is 18.2 Å². The van der Waals surface area contributed by atoms with Gasteiger partial charge >= 0.3 is 6.09 Å². The summed E-state index contributed by atoms with van der Waals surface area (Å²) >= 11 is 0. The Bertz CT molecular complexity index is 622. The van der Waals surface area contributed by atoms with E-state index < -0.39 is 12.1 Å². The van der Waals surface area contributed by atoms with Crippen LogP contribution in [0, 0.1) is 0 Å². The molecule has 1 aromatic heterocycles. The molecular weight excluding hydrogens is 272 g/mol. The summed E-state index contributed by atoms with van der Waals surface area (Å²) in [6, 6.07) is 9.57. The molecule has 1 heterocycles. The number of nitrogens with zero attached hydrogens (tertiary/aromatic N) is 1. The molecule has 21 heavy (non-hydrogen) atoms. The minimum atomic E-state index is -0.902. The molecule has 0 radical (unpaired) electrons. The van der Waals surface area contributed by atoms with E-state index in [4.69, 9.17) is 4.74 Å². The Balaban J connectivity index is 2.40. The van der Waals surface area contributed by atoms with Gasteiger partial charge in [-0.25, -0.2) is 4.79 Å². The van der Waals surface area contributed by atoms with E-state index >= 15 is 0 Å². The summed E-state index contributed by atoms with van der Waals surface area (Å²) in [7, 11) is 2.75. The summed E-state index contributed by atoms with van der Waals surface area (Å²) < 4.78 is 11.2. The molecule has 0 fully saturated rings. The zero-order chi connectivity index (χ0) is 15.2. The Labute approximate surface area is 122 Å². The lowest BCUT2D eigenvalue weighted by Crippen LogP contribution is -2.36. The molecule has 0 aliphatic carbocycles. The second kappa shape index (κ2) is 6.60. The van der Waals surface area contributed by atoms with Crippen LogP contribution in [0.5, 0.6) is 5.75 Å². The van der Waals surface area contributed by atoms with E-state index in [1.807, 2.05) is 0 Å². The highest BCUT2D eigenvalue weighted by Gasteiger charge is 2.26. The van der Waals surface area contributed by atoms with Gasteiger partial charge in [0.1, 0.15) is 11.8 Å². The molecule has 2 aromatic rings. The van der Waals surface area contributed by atoms with E-state index in [0.29, 0.717) is 11.3 Å². The van der Waals surface area contributed by atoms with Crippen LogP contribution in [0.1, 0.15) is 16.4 Å². The fraction of sp³-hybridized carbons (Fsp3) is 0.200. The Hall–Kier alpha value is -2.76. The van der Waals surface area contributed by atoms with E-state index in [9.17, 15) is 9.59 Å². The fourth-order valence-corrected chi connectivity index (χ4v) is 1.98. The highest BCUT2D eigenvalue weighted by atomic mass is 16.5. The van der Waals surface area contributed by atoms with Crippen LogP contribution in [-0.4, -0.2) is 30.8 Å². The van der Waals surface area contributed by atoms with Crippen molar-refractivity contribution in [3.05, 3.63) is 54.4 Å². The molecule has 110 valence electrons. The lowest BCUT2D eigenvalue weighted by atomic mass is 10.0. The molecule has 2 rings (SSSR count). The molecule has 1 aromatic carbocycles. The standard InChI is InChI=1S/C15H16N2O4/c1-20-12-8-4-3-7-11(12)13(16-15(19)21-2)14(18)17-9-5-6-10-17/h3-10,13H,1-2H3,(H,16,19). The van der Waals surface area contributed by atoms with Crippen LogP contribution >= 0.6 is 0 Å². The van der Waals surface area contributed by atoms with Gasteiger partial charge in [-0.2, -0.15) is 0 Å². The number of nitrogens with one attached hydrogen (secondary N) is 1. The molecule has 1 unspecified atom stereocenters. The van der Waals surface area contributed by atoms with Crippen molar-refractivity contribution in [3.63, 3.8) is 0 Å². The summed E-state index contributed by atoms with van der Waals surface area (Å²) in [4.78, 5) is 24.1. The minimum absolute atomic E-state index is 0.310. The van der Waals surface area contributed by atoms with Gasteiger partial charge in [0.2, 0.25) is 0 Å². The van der Waals surface area contributed by atoms with E-state index in [-0.39, 0.29) is 5.91 Å². The van der Waals surface area contributed by atoms with Gasteiger partial charge in [-0.3, -0.25) is 9.36 Å². The molecule has 1 N–H and O–H groups in total. The van der Waals surface area contributed by atoms with Crippen LogP contribution < -0.4 is 10.1 Å². The summed E-state index contributed by atoms with van der Waals surface area (Å²) in [6.45, 7) is 0. The van der Waals surface area contributed by atoms with Gasteiger partial charge < -0.3 is 14.8 Å². The predicted molar refractivity (Wildman–Crippen MR) is 76.3 cm³/mol. The Kier molecular flexibility index (Phi) is 4.61. The molecule has 0 saturated carbocycles.